The second-order valence-electron chi connectivity index (χ2n) is 9.82. The minimum atomic E-state index is -1.05. The summed E-state index contributed by atoms with van der Waals surface area (Å²) < 4.78 is 25.9. The lowest BCUT2D eigenvalue weighted by molar-refractivity contribution is -0.124. The summed E-state index contributed by atoms with van der Waals surface area (Å²) in [6.45, 7) is 2.83. The summed E-state index contributed by atoms with van der Waals surface area (Å²) in [6, 6.07) is 9.31. The number of carbonyl (C=O) groups is 3. The van der Waals surface area contributed by atoms with Crippen LogP contribution in [0.5, 0.6) is 11.5 Å². The van der Waals surface area contributed by atoms with Gasteiger partial charge in [0.05, 0.1) is 17.5 Å². The molecule has 3 N–H and O–H groups in total. The number of hydrogen-bond donors (Lipinski definition) is 3. The Balaban J connectivity index is 1.36. The number of hydrogen-bond acceptors (Lipinski definition) is 7. The average molecular weight is 540 g/mol. The third-order valence-corrected chi connectivity index (χ3v) is 5.85. The van der Waals surface area contributed by atoms with Gasteiger partial charge in [-0.1, -0.05) is 12.1 Å². The fourth-order valence-corrected chi connectivity index (χ4v) is 3.85. The summed E-state index contributed by atoms with van der Waals surface area (Å²) >= 11 is 0. The monoisotopic (exact) mass is 539 g/mol. The molecule has 4 rings (SSSR count). The Hall–Kier alpha value is -4.45. The molecule has 0 radical (unpaired) electrons. The highest BCUT2D eigenvalue weighted by Crippen LogP contribution is 2.34. The third kappa shape index (κ3) is 7.32. The van der Waals surface area contributed by atoms with Crippen LogP contribution in [-0.4, -0.2) is 71.2 Å². The topological polar surface area (TPSA) is 135 Å². The van der Waals surface area contributed by atoms with Crippen molar-refractivity contribution in [2.24, 2.45) is 0 Å². The summed E-state index contributed by atoms with van der Waals surface area (Å²) in [5.74, 6) is -0.443. The van der Waals surface area contributed by atoms with E-state index in [0.717, 1.165) is 10.2 Å². The molecule has 0 spiro atoms. The van der Waals surface area contributed by atoms with Crippen LogP contribution in [0.25, 0.3) is 0 Å². The molecule has 1 aliphatic rings. The number of benzene rings is 2. The van der Waals surface area contributed by atoms with E-state index in [1.165, 1.54) is 29.4 Å². The molecule has 11 nitrogen and oxygen atoms in total. The lowest BCUT2D eigenvalue weighted by atomic mass is 10.1. The van der Waals surface area contributed by atoms with E-state index < -0.39 is 29.5 Å². The summed E-state index contributed by atoms with van der Waals surface area (Å²) in [6.07, 6.45) is 3.41. The maximum Gasteiger partial charge on any atom is 0.342 e. The first-order valence-electron chi connectivity index (χ1n) is 12.2. The number of halogens is 1. The predicted octanol–water partition coefficient (Wildman–Crippen LogP) is 1.86. The lowest BCUT2D eigenvalue weighted by Crippen LogP contribution is -2.50. The van der Waals surface area contributed by atoms with Gasteiger partial charge in [0.2, 0.25) is 0 Å². The number of fused-ring (bicyclic) bond motifs is 1. The Morgan fingerprint density at radius 1 is 1.23 bits per heavy atom. The van der Waals surface area contributed by atoms with Crippen LogP contribution >= 0.6 is 0 Å². The molecule has 12 heteroatoms. The second-order valence-corrected chi connectivity index (χ2v) is 9.82. The van der Waals surface area contributed by atoms with Crippen molar-refractivity contribution in [1.82, 2.24) is 20.4 Å². The molecular weight excluding hydrogens is 509 g/mol. The van der Waals surface area contributed by atoms with Crippen molar-refractivity contribution in [3.05, 3.63) is 71.8 Å². The van der Waals surface area contributed by atoms with Crippen molar-refractivity contribution >= 4 is 23.5 Å². The van der Waals surface area contributed by atoms with Gasteiger partial charge < -0.3 is 30.1 Å². The van der Waals surface area contributed by atoms with Crippen molar-refractivity contribution < 1.29 is 33.4 Å². The number of rotatable bonds is 8. The second kappa shape index (κ2) is 11.5. The van der Waals surface area contributed by atoms with E-state index in [-0.39, 0.29) is 25.6 Å². The fourth-order valence-electron chi connectivity index (χ4n) is 3.85. The standard InChI is InChI=1S/C27H30FN5O6/c1-27(2,37)16-29-24(34)15-38-20-7-8-23-22(11-20)32(3)25(35)21(14-39-23)31-26(36)33-13-18(12-30-33)9-17-5-4-6-19(28)10-17/h4-8,10-13,21,37H,9,14-16H2,1-3H3,(H,29,34)(H,31,36)/t21-/m0/s1. The Labute approximate surface area is 224 Å². The highest BCUT2D eigenvalue weighted by atomic mass is 19.1. The third-order valence-electron chi connectivity index (χ3n) is 5.85. The first-order chi connectivity index (χ1) is 18.5. The minimum absolute atomic E-state index is 0.0738. The minimum Gasteiger partial charge on any atom is -0.489 e. The predicted molar refractivity (Wildman–Crippen MR) is 139 cm³/mol. The van der Waals surface area contributed by atoms with Gasteiger partial charge in [0, 0.05) is 32.3 Å². The number of carbonyl (C=O) groups excluding carboxylic acids is 3. The number of likely N-dealkylation sites (N-methyl/N-ethyl adjacent to an activating group) is 1. The van der Waals surface area contributed by atoms with Gasteiger partial charge in [-0.3, -0.25) is 9.59 Å². The average Bonchev–Trinajstić information content (AvgIpc) is 3.32. The van der Waals surface area contributed by atoms with E-state index in [2.05, 4.69) is 15.7 Å². The van der Waals surface area contributed by atoms with Gasteiger partial charge in [0.1, 0.15) is 30.0 Å². The molecule has 3 aromatic rings. The van der Waals surface area contributed by atoms with Crippen molar-refractivity contribution in [1.29, 1.82) is 0 Å². The van der Waals surface area contributed by atoms with Gasteiger partial charge >= 0.3 is 6.03 Å². The summed E-state index contributed by atoms with van der Waals surface area (Å²) in [4.78, 5) is 39.3. The highest BCUT2D eigenvalue weighted by molar-refractivity contribution is 6.00. The van der Waals surface area contributed by atoms with E-state index in [0.29, 0.717) is 29.2 Å². The largest absolute Gasteiger partial charge is 0.489 e. The number of ether oxygens (including phenoxy) is 2. The summed E-state index contributed by atoms with van der Waals surface area (Å²) in [5, 5.41) is 19.0. The molecule has 2 heterocycles. The Bertz CT molecular complexity index is 1370. The molecular formula is C27H30FN5O6. The van der Waals surface area contributed by atoms with Gasteiger partial charge in [0.25, 0.3) is 11.8 Å². The maximum atomic E-state index is 13.5. The van der Waals surface area contributed by atoms with Crippen LogP contribution in [0.15, 0.2) is 54.9 Å². The van der Waals surface area contributed by atoms with Gasteiger partial charge in [-0.15, -0.1) is 0 Å². The smallest absolute Gasteiger partial charge is 0.342 e. The Morgan fingerprint density at radius 3 is 2.77 bits per heavy atom. The first-order valence-corrected chi connectivity index (χ1v) is 12.2. The zero-order chi connectivity index (χ0) is 28.2. The van der Waals surface area contributed by atoms with Gasteiger partial charge in [0.15, 0.2) is 6.61 Å². The van der Waals surface area contributed by atoms with Crippen LogP contribution in [0, 0.1) is 5.82 Å². The van der Waals surface area contributed by atoms with E-state index in [4.69, 9.17) is 9.47 Å². The molecule has 0 saturated heterocycles. The molecule has 2 aromatic carbocycles. The molecule has 39 heavy (non-hydrogen) atoms. The number of aliphatic hydroxyl groups is 1. The van der Waals surface area contributed by atoms with Crippen molar-refractivity contribution in [2.75, 3.05) is 31.7 Å². The van der Waals surface area contributed by atoms with Crippen LogP contribution in [0.1, 0.15) is 25.0 Å². The number of nitrogens with one attached hydrogen (secondary N) is 2. The molecule has 0 fully saturated rings. The number of amides is 3. The van der Waals surface area contributed by atoms with E-state index in [9.17, 15) is 23.9 Å². The molecule has 1 aromatic heterocycles. The van der Waals surface area contributed by atoms with Crippen molar-refractivity contribution in [3.8, 4) is 11.5 Å². The summed E-state index contributed by atoms with van der Waals surface area (Å²) in [7, 11) is 1.54. The lowest BCUT2D eigenvalue weighted by Gasteiger charge is -2.21. The van der Waals surface area contributed by atoms with Crippen molar-refractivity contribution in [2.45, 2.75) is 31.9 Å². The van der Waals surface area contributed by atoms with Crippen LogP contribution < -0.4 is 25.0 Å². The van der Waals surface area contributed by atoms with Crippen LogP contribution in [0.3, 0.4) is 0 Å². The zero-order valence-corrected chi connectivity index (χ0v) is 21.8. The van der Waals surface area contributed by atoms with Crippen LogP contribution in [-0.2, 0) is 16.0 Å². The molecule has 0 unspecified atom stereocenters. The van der Waals surface area contributed by atoms with Crippen LogP contribution in [0.4, 0.5) is 14.9 Å². The quantitative estimate of drug-likeness (QED) is 0.398. The molecule has 0 saturated carbocycles. The molecule has 206 valence electrons. The van der Waals surface area contributed by atoms with E-state index >= 15 is 0 Å². The molecule has 0 aliphatic carbocycles. The van der Waals surface area contributed by atoms with E-state index in [1.54, 1.807) is 51.2 Å². The molecule has 1 atom stereocenters. The molecule has 1 aliphatic heterocycles. The number of aromatic nitrogens is 2. The normalized spacial score (nSPS) is 15.2. The zero-order valence-electron chi connectivity index (χ0n) is 21.8. The fraction of sp³-hybridized carbons (Fsp3) is 0.333. The van der Waals surface area contributed by atoms with Gasteiger partial charge in [-0.25, -0.2) is 9.18 Å². The first kappa shape index (κ1) is 27.6. The van der Waals surface area contributed by atoms with Crippen LogP contribution in [0.2, 0.25) is 0 Å². The molecule has 0 bridgehead atoms. The molecule has 3 amide bonds. The van der Waals surface area contributed by atoms with E-state index in [1.807, 2.05) is 0 Å². The highest BCUT2D eigenvalue weighted by Gasteiger charge is 2.31. The number of anilines is 1. The SMILES string of the molecule is CN1C(=O)[C@@H](NC(=O)n2cc(Cc3cccc(F)c3)cn2)COc2ccc(OCC(=O)NCC(C)(C)O)cc21. The maximum absolute atomic E-state index is 13.5. The van der Waals surface area contributed by atoms with Crippen molar-refractivity contribution in [3.63, 3.8) is 0 Å². The Morgan fingerprint density at radius 2 is 2.03 bits per heavy atom. The number of nitrogens with zero attached hydrogens (tertiary/aromatic N) is 3. The summed E-state index contributed by atoms with van der Waals surface area (Å²) in [5.41, 5.74) is 0.793. The Kier molecular flexibility index (Phi) is 8.15. The van der Waals surface area contributed by atoms with Gasteiger partial charge in [-0.2, -0.15) is 9.78 Å². The van der Waals surface area contributed by atoms with Gasteiger partial charge in [-0.05, 0) is 49.2 Å².